The SMILES string of the molecule is Cc1cccc(C(=O)N2CCN(C(=O)c3nnn4c3CO[C@H](c3ccccc3)C4)CC2)c1. The second kappa shape index (κ2) is 8.55. The number of aryl methyl sites for hydroxylation is 1. The van der Waals surface area contributed by atoms with E-state index >= 15 is 0 Å². The van der Waals surface area contributed by atoms with Crippen molar-refractivity contribution in [2.45, 2.75) is 26.2 Å². The number of amides is 2. The van der Waals surface area contributed by atoms with Crippen molar-refractivity contribution in [1.29, 1.82) is 0 Å². The summed E-state index contributed by atoms with van der Waals surface area (Å²) in [5.74, 6) is -0.155. The molecule has 0 saturated carbocycles. The second-order valence-corrected chi connectivity index (χ2v) is 8.23. The molecule has 3 heterocycles. The molecule has 1 atom stereocenters. The lowest BCUT2D eigenvalue weighted by molar-refractivity contribution is -0.00202. The fraction of sp³-hybridized carbons (Fsp3) is 0.333. The van der Waals surface area contributed by atoms with Crippen molar-refractivity contribution >= 4 is 11.8 Å². The second-order valence-electron chi connectivity index (χ2n) is 8.23. The molecule has 1 fully saturated rings. The molecule has 0 unspecified atom stereocenters. The van der Waals surface area contributed by atoms with Crippen molar-refractivity contribution in [3.63, 3.8) is 0 Å². The number of hydrogen-bond acceptors (Lipinski definition) is 5. The molecule has 2 aliphatic heterocycles. The van der Waals surface area contributed by atoms with Crippen LogP contribution in [0.15, 0.2) is 54.6 Å². The molecule has 1 saturated heterocycles. The quantitative estimate of drug-likeness (QED) is 0.636. The van der Waals surface area contributed by atoms with Gasteiger partial charge in [-0.1, -0.05) is 53.2 Å². The van der Waals surface area contributed by atoms with Gasteiger partial charge in [0.1, 0.15) is 6.10 Å². The summed E-state index contributed by atoms with van der Waals surface area (Å²) in [6, 6.07) is 17.6. The molecule has 0 radical (unpaired) electrons. The number of rotatable bonds is 3. The maximum absolute atomic E-state index is 13.1. The first-order valence-corrected chi connectivity index (χ1v) is 10.8. The van der Waals surface area contributed by atoms with Crippen LogP contribution in [-0.2, 0) is 17.9 Å². The van der Waals surface area contributed by atoms with Gasteiger partial charge >= 0.3 is 0 Å². The van der Waals surface area contributed by atoms with Crippen molar-refractivity contribution in [2.24, 2.45) is 0 Å². The van der Waals surface area contributed by atoms with E-state index in [-0.39, 0.29) is 17.9 Å². The van der Waals surface area contributed by atoms with Gasteiger partial charge in [0.25, 0.3) is 11.8 Å². The van der Waals surface area contributed by atoms with Gasteiger partial charge in [0.05, 0.1) is 18.8 Å². The summed E-state index contributed by atoms with van der Waals surface area (Å²) in [6.45, 7) is 4.71. The molecule has 2 aromatic carbocycles. The Morgan fingerprint density at radius 3 is 2.38 bits per heavy atom. The van der Waals surface area contributed by atoms with E-state index in [1.54, 1.807) is 14.5 Å². The monoisotopic (exact) mass is 431 g/mol. The number of carbonyl (C=O) groups excluding carboxylic acids is 2. The van der Waals surface area contributed by atoms with Crippen LogP contribution in [0.25, 0.3) is 0 Å². The third kappa shape index (κ3) is 3.89. The summed E-state index contributed by atoms with van der Waals surface area (Å²) >= 11 is 0. The lowest BCUT2D eigenvalue weighted by atomic mass is 10.1. The average Bonchev–Trinajstić information content (AvgIpc) is 3.27. The van der Waals surface area contributed by atoms with Crippen LogP contribution in [0.4, 0.5) is 0 Å². The molecule has 0 aliphatic carbocycles. The normalized spacial score (nSPS) is 18.3. The van der Waals surface area contributed by atoms with Gasteiger partial charge in [-0.2, -0.15) is 0 Å². The molecule has 32 heavy (non-hydrogen) atoms. The van der Waals surface area contributed by atoms with Crippen molar-refractivity contribution < 1.29 is 14.3 Å². The van der Waals surface area contributed by atoms with Gasteiger partial charge in [0.15, 0.2) is 5.69 Å². The fourth-order valence-corrected chi connectivity index (χ4v) is 4.27. The summed E-state index contributed by atoms with van der Waals surface area (Å²) < 4.78 is 7.78. The van der Waals surface area contributed by atoms with Crippen molar-refractivity contribution in [2.75, 3.05) is 26.2 Å². The van der Waals surface area contributed by atoms with Gasteiger partial charge in [0, 0.05) is 31.7 Å². The summed E-state index contributed by atoms with van der Waals surface area (Å²) in [5, 5.41) is 8.39. The molecule has 2 aliphatic rings. The zero-order chi connectivity index (χ0) is 22.1. The molecule has 3 aromatic rings. The Morgan fingerprint density at radius 2 is 1.66 bits per heavy atom. The highest BCUT2D eigenvalue weighted by Gasteiger charge is 2.32. The van der Waals surface area contributed by atoms with E-state index in [0.29, 0.717) is 56.3 Å². The van der Waals surface area contributed by atoms with Crippen LogP contribution >= 0.6 is 0 Å². The van der Waals surface area contributed by atoms with Crippen molar-refractivity contribution in [3.8, 4) is 0 Å². The fourth-order valence-electron chi connectivity index (χ4n) is 4.27. The Morgan fingerprint density at radius 1 is 0.938 bits per heavy atom. The van der Waals surface area contributed by atoms with E-state index in [2.05, 4.69) is 10.3 Å². The molecule has 5 rings (SSSR count). The Labute approximate surface area is 186 Å². The topological polar surface area (TPSA) is 80.6 Å². The third-order valence-corrected chi connectivity index (χ3v) is 6.09. The number of fused-ring (bicyclic) bond motifs is 1. The predicted octanol–water partition coefficient (Wildman–Crippen LogP) is 2.46. The predicted molar refractivity (Wildman–Crippen MR) is 117 cm³/mol. The standard InChI is InChI=1S/C24H25N5O3/c1-17-6-5-9-19(14-17)23(30)27-10-12-28(13-11-27)24(31)22-20-16-32-21(15-29(20)26-25-22)18-7-3-2-4-8-18/h2-9,14,21H,10-13,15-16H2,1H3/t21-/m0/s1. The van der Waals surface area contributed by atoms with E-state index < -0.39 is 0 Å². The zero-order valence-corrected chi connectivity index (χ0v) is 18.0. The first-order valence-electron chi connectivity index (χ1n) is 10.8. The van der Waals surface area contributed by atoms with Crippen LogP contribution in [0.2, 0.25) is 0 Å². The van der Waals surface area contributed by atoms with E-state index in [1.165, 1.54) is 0 Å². The Hall–Kier alpha value is -3.52. The Balaban J connectivity index is 1.23. The van der Waals surface area contributed by atoms with Crippen LogP contribution in [-0.4, -0.2) is 62.8 Å². The zero-order valence-electron chi connectivity index (χ0n) is 18.0. The first kappa shape index (κ1) is 20.4. The number of carbonyl (C=O) groups is 2. The van der Waals surface area contributed by atoms with Gasteiger partial charge in [0.2, 0.25) is 0 Å². The van der Waals surface area contributed by atoms with Crippen LogP contribution in [0.3, 0.4) is 0 Å². The molecular weight excluding hydrogens is 406 g/mol. The molecule has 2 amide bonds. The van der Waals surface area contributed by atoms with Gasteiger partial charge in [-0.3, -0.25) is 9.59 Å². The molecule has 0 bridgehead atoms. The number of aromatic nitrogens is 3. The summed E-state index contributed by atoms with van der Waals surface area (Å²) in [7, 11) is 0. The lowest BCUT2D eigenvalue weighted by Crippen LogP contribution is -2.50. The minimum atomic E-state index is -0.157. The summed E-state index contributed by atoms with van der Waals surface area (Å²) in [6.07, 6.45) is -0.107. The molecule has 164 valence electrons. The van der Waals surface area contributed by atoms with Gasteiger partial charge < -0.3 is 14.5 Å². The highest BCUT2D eigenvalue weighted by atomic mass is 16.5. The Kier molecular flexibility index (Phi) is 5.45. The third-order valence-electron chi connectivity index (χ3n) is 6.09. The Bertz CT molecular complexity index is 1140. The van der Waals surface area contributed by atoms with E-state index in [9.17, 15) is 9.59 Å². The number of benzene rings is 2. The van der Waals surface area contributed by atoms with Crippen molar-refractivity contribution in [1.82, 2.24) is 24.8 Å². The van der Waals surface area contributed by atoms with Gasteiger partial charge in [-0.05, 0) is 24.6 Å². The average molecular weight is 431 g/mol. The van der Waals surface area contributed by atoms with E-state index in [0.717, 1.165) is 11.1 Å². The highest BCUT2D eigenvalue weighted by Crippen LogP contribution is 2.27. The molecule has 8 heteroatoms. The van der Waals surface area contributed by atoms with E-state index in [1.807, 2.05) is 61.5 Å². The summed E-state index contributed by atoms with van der Waals surface area (Å²) in [5.41, 5.74) is 3.87. The molecule has 0 spiro atoms. The van der Waals surface area contributed by atoms with Gasteiger partial charge in [-0.25, -0.2) is 4.68 Å². The maximum Gasteiger partial charge on any atom is 0.276 e. The first-order chi connectivity index (χ1) is 15.6. The number of nitrogens with zero attached hydrogens (tertiary/aromatic N) is 5. The minimum Gasteiger partial charge on any atom is -0.365 e. The van der Waals surface area contributed by atoms with Gasteiger partial charge in [-0.15, -0.1) is 5.10 Å². The van der Waals surface area contributed by atoms with Crippen LogP contribution in [0, 0.1) is 6.92 Å². The molecule has 8 nitrogen and oxygen atoms in total. The van der Waals surface area contributed by atoms with Crippen LogP contribution in [0.5, 0.6) is 0 Å². The van der Waals surface area contributed by atoms with Crippen LogP contribution < -0.4 is 0 Å². The van der Waals surface area contributed by atoms with E-state index in [4.69, 9.17) is 4.74 Å². The summed E-state index contributed by atoms with van der Waals surface area (Å²) in [4.78, 5) is 29.4. The highest BCUT2D eigenvalue weighted by molar-refractivity contribution is 5.95. The smallest absolute Gasteiger partial charge is 0.276 e. The molecular formula is C24H25N5O3. The molecule has 0 N–H and O–H groups in total. The number of piperazine rings is 1. The number of ether oxygens (including phenoxy) is 1. The lowest BCUT2D eigenvalue weighted by Gasteiger charge is -2.34. The van der Waals surface area contributed by atoms with Crippen molar-refractivity contribution in [3.05, 3.63) is 82.7 Å². The largest absolute Gasteiger partial charge is 0.365 e. The van der Waals surface area contributed by atoms with Crippen LogP contribution in [0.1, 0.15) is 43.8 Å². The minimum absolute atomic E-state index is 0.00203. The maximum atomic E-state index is 13.1. The molecule has 1 aromatic heterocycles. The number of hydrogen-bond donors (Lipinski definition) is 0.